The normalized spacial score (nSPS) is 11.1. The van der Waals surface area contributed by atoms with E-state index in [1.807, 2.05) is 18.2 Å². The van der Waals surface area contributed by atoms with Gasteiger partial charge < -0.3 is 5.32 Å². The highest BCUT2D eigenvalue weighted by molar-refractivity contribution is 14.1. The first-order valence-corrected chi connectivity index (χ1v) is 9.04. The Morgan fingerprint density at radius 1 is 1.05 bits per heavy atom. The molecule has 110 valence electrons. The zero-order chi connectivity index (χ0) is 15.3. The fourth-order valence-electron chi connectivity index (χ4n) is 1.76. The number of anilines is 1. The lowest BCUT2D eigenvalue weighted by molar-refractivity contribution is -0.115. The number of nitrogens with one attached hydrogen (secondary N) is 1. The molecule has 0 radical (unpaired) electrons. The highest BCUT2D eigenvalue weighted by Crippen LogP contribution is 2.14. The zero-order valence-corrected chi connectivity index (χ0v) is 14.1. The summed E-state index contributed by atoms with van der Waals surface area (Å²) in [5.74, 6) is -0.510. The number of halogens is 1. The van der Waals surface area contributed by atoms with Crippen LogP contribution in [0.2, 0.25) is 0 Å². The second-order valence-electron chi connectivity index (χ2n) is 4.44. The van der Waals surface area contributed by atoms with Crippen LogP contribution in [-0.4, -0.2) is 20.1 Å². The number of carbonyl (C=O) groups is 1. The molecule has 0 aromatic heterocycles. The van der Waals surface area contributed by atoms with E-state index in [0.29, 0.717) is 5.69 Å². The van der Waals surface area contributed by atoms with Gasteiger partial charge in [-0.15, -0.1) is 0 Å². The number of amides is 1. The number of benzene rings is 2. The van der Waals surface area contributed by atoms with Gasteiger partial charge in [0.1, 0.15) is 0 Å². The van der Waals surface area contributed by atoms with Crippen molar-refractivity contribution in [3.8, 4) is 0 Å². The summed E-state index contributed by atoms with van der Waals surface area (Å²) >= 11 is 2.15. The van der Waals surface area contributed by atoms with Crippen LogP contribution < -0.4 is 5.32 Å². The average Bonchev–Trinajstić information content (AvgIpc) is 2.46. The minimum atomic E-state index is -3.42. The summed E-state index contributed by atoms with van der Waals surface area (Å²) in [6.45, 7) is 0. The van der Waals surface area contributed by atoms with Gasteiger partial charge in [-0.3, -0.25) is 4.79 Å². The van der Waals surface area contributed by atoms with Crippen molar-refractivity contribution in [1.29, 1.82) is 0 Å². The molecule has 0 saturated carbocycles. The predicted octanol–water partition coefficient (Wildman–Crippen LogP) is 3.09. The Bertz CT molecular complexity index is 730. The molecule has 2 rings (SSSR count). The fourth-order valence-corrected chi connectivity index (χ4v) is 3.57. The number of sulfone groups is 1. The monoisotopic (exact) mass is 415 g/mol. The summed E-state index contributed by atoms with van der Waals surface area (Å²) in [5.41, 5.74) is 0.670. The van der Waals surface area contributed by atoms with Gasteiger partial charge >= 0.3 is 0 Å². The molecule has 0 unspecified atom stereocenters. The zero-order valence-electron chi connectivity index (χ0n) is 11.1. The number of rotatable bonds is 5. The van der Waals surface area contributed by atoms with Gasteiger partial charge in [0.05, 0.1) is 10.6 Å². The van der Waals surface area contributed by atoms with Gasteiger partial charge in [-0.25, -0.2) is 8.42 Å². The molecule has 0 heterocycles. The van der Waals surface area contributed by atoms with Crippen LogP contribution in [0.25, 0.3) is 0 Å². The molecule has 4 nitrogen and oxygen atoms in total. The van der Waals surface area contributed by atoms with Crippen molar-refractivity contribution in [2.24, 2.45) is 0 Å². The van der Waals surface area contributed by atoms with Gasteiger partial charge in [-0.05, 0) is 52.9 Å². The van der Waals surface area contributed by atoms with Crippen LogP contribution in [0.5, 0.6) is 0 Å². The number of hydrogen-bond acceptors (Lipinski definition) is 3. The molecule has 1 N–H and O–H groups in total. The van der Waals surface area contributed by atoms with Gasteiger partial charge in [0, 0.05) is 15.7 Å². The lowest BCUT2D eigenvalue weighted by Gasteiger charge is -2.06. The van der Waals surface area contributed by atoms with Gasteiger partial charge in [0.2, 0.25) is 5.91 Å². The standard InChI is InChI=1S/C15H14INO3S/c16-12-5-4-6-13(11-12)17-15(18)9-10-21(19,20)14-7-2-1-3-8-14/h1-8,11H,9-10H2,(H,17,18). The van der Waals surface area contributed by atoms with Crippen LogP contribution in [0.15, 0.2) is 59.5 Å². The van der Waals surface area contributed by atoms with Crippen LogP contribution in [0.1, 0.15) is 6.42 Å². The first-order valence-electron chi connectivity index (χ1n) is 6.30. The Kier molecular flexibility index (Phi) is 5.35. The van der Waals surface area contributed by atoms with Crippen molar-refractivity contribution < 1.29 is 13.2 Å². The highest BCUT2D eigenvalue weighted by Gasteiger charge is 2.16. The van der Waals surface area contributed by atoms with E-state index >= 15 is 0 Å². The Morgan fingerprint density at radius 3 is 2.43 bits per heavy atom. The molecule has 0 spiro atoms. The molecule has 0 bridgehead atoms. The molecule has 0 aliphatic heterocycles. The molecule has 0 aliphatic carbocycles. The van der Waals surface area contributed by atoms with E-state index in [1.54, 1.807) is 24.3 Å². The van der Waals surface area contributed by atoms with Crippen molar-refractivity contribution in [3.63, 3.8) is 0 Å². The van der Waals surface area contributed by atoms with Gasteiger partial charge in [0.15, 0.2) is 9.84 Å². The molecule has 21 heavy (non-hydrogen) atoms. The summed E-state index contributed by atoms with van der Waals surface area (Å²) in [6.07, 6.45) is -0.0668. The van der Waals surface area contributed by atoms with Crippen LogP contribution in [0.4, 0.5) is 5.69 Å². The molecular weight excluding hydrogens is 401 g/mol. The third-order valence-electron chi connectivity index (χ3n) is 2.81. The quantitative estimate of drug-likeness (QED) is 0.764. The topological polar surface area (TPSA) is 63.2 Å². The molecule has 2 aromatic rings. The minimum absolute atomic E-state index is 0.0668. The second-order valence-corrected chi connectivity index (χ2v) is 7.80. The average molecular weight is 415 g/mol. The van der Waals surface area contributed by atoms with E-state index in [9.17, 15) is 13.2 Å². The number of hydrogen-bond donors (Lipinski definition) is 1. The molecule has 2 aromatic carbocycles. The van der Waals surface area contributed by atoms with Crippen molar-refractivity contribution in [2.45, 2.75) is 11.3 Å². The molecular formula is C15H14INO3S. The third kappa shape index (κ3) is 4.82. The molecule has 0 atom stereocenters. The van der Waals surface area contributed by atoms with Gasteiger partial charge in [0.25, 0.3) is 0 Å². The minimum Gasteiger partial charge on any atom is -0.326 e. The molecule has 0 saturated heterocycles. The van der Waals surface area contributed by atoms with E-state index < -0.39 is 9.84 Å². The Morgan fingerprint density at radius 2 is 1.76 bits per heavy atom. The van der Waals surface area contributed by atoms with Crippen molar-refractivity contribution >= 4 is 44.0 Å². The Balaban J connectivity index is 1.95. The summed E-state index contributed by atoms with van der Waals surface area (Å²) < 4.78 is 25.1. The lowest BCUT2D eigenvalue weighted by Crippen LogP contribution is -2.17. The van der Waals surface area contributed by atoms with E-state index in [2.05, 4.69) is 27.9 Å². The van der Waals surface area contributed by atoms with E-state index in [4.69, 9.17) is 0 Å². The molecule has 0 aliphatic rings. The van der Waals surface area contributed by atoms with Crippen molar-refractivity contribution in [3.05, 3.63) is 58.2 Å². The maximum atomic E-state index is 12.1. The van der Waals surface area contributed by atoms with Crippen LogP contribution >= 0.6 is 22.6 Å². The van der Waals surface area contributed by atoms with Gasteiger partial charge in [-0.1, -0.05) is 24.3 Å². The molecule has 6 heteroatoms. The largest absolute Gasteiger partial charge is 0.326 e. The van der Waals surface area contributed by atoms with Gasteiger partial charge in [-0.2, -0.15) is 0 Å². The van der Waals surface area contributed by atoms with Crippen molar-refractivity contribution in [2.75, 3.05) is 11.1 Å². The van der Waals surface area contributed by atoms with Crippen molar-refractivity contribution in [1.82, 2.24) is 0 Å². The van der Waals surface area contributed by atoms with Crippen LogP contribution in [-0.2, 0) is 14.6 Å². The number of carbonyl (C=O) groups excluding carboxylic acids is 1. The first-order chi connectivity index (χ1) is 9.97. The fraction of sp³-hybridized carbons (Fsp3) is 0.133. The molecule has 0 fully saturated rings. The highest BCUT2D eigenvalue weighted by atomic mass is 127. The van der Waals surface area contributed by atoms with Crippen LogP contribution in [0, 0.1) is 3.57 Å². The van der Waals surface area contributed by atoms with E-state index in [0.717, 1.165) is 3.57 Å². The summed E-state index contributed by atoms with van der Waals surface area (Å²) in [7, 11) is -3.42. The first kappa shape index (κ1) is 16.0. The SMILES string of the molecule is O=C(CCS(=O)(=O)c1ccccc1)Nc1cccc(I)c1. The Hall–Kier alpha value is -1.41. The third-order valence-corrected chi connectivity index (χ3v) is 5.21. The Labute approximate surface area is 137 Å². The maximum absolute atomic E-state index is 12.1. The summed E-state index contributed by atoms with van der Waals surface area (Å²) in [4.78, 5) is 12.1. The predicted molar refractivity (Wildman–Crippen MR) is 90.9 cm³/mol. The smallest absolute Gasteiger partial charge is 0.225 e. The summed E-state index contributed by atoms with van der Waals surface area (Å²) in [6, 6.07) is 15.5. The molecule has 1 amide bonds. The second kappa shape index (κ2) is 7.04. The van der Waals surface area contributed by atoms with E-state index in [1.165, 1.54) is 12.1 Å². The summed E-state index contributed by atoms with van der Waals surface area (Å²) in [5, 5.41) is 2.70. The van der Waals surface area contributed by atoms with Crippen LogP contribution in [0.3, 0.4) is 0 Å². The lowest BCUT2D eigenvalue weighted by atomic mass is 10.3. The van der Waals surface area contributed by atoms with E-state index in [-0.39, 0.29) is 23.0 Å². The maximum Gasteiger partial charge on any atom is 0.225 e.